The van der Waals surface area contributed by atoms with Crippen LogP contribution in [0, 0.1) is 0 Å². The summed E-state index contributed by atoms with van der Waals surface area (Å²) in [7, 11) is 7.25. The van der Waals surface area contributed by atoms with Crippen LogP contribution in [0.25, 0.3) is 11.1 Å². The molecule has 3 N–H and O–H groups in total. The highest BCUT2D eigenvalue weighted by molar-refractivity contribution is 5.97. The molecule has 1 aliphatic rings. The molecule has 1 fully saturated rings. The average Bonchev–Trinajstić information content (AvgIpc) is 3.47. The first kappa shape index (κ1) is 35.2. The average molecular weight is 676 g/mol. The highest BCUT2D eigenvalue weighted by atomic mass is 16.2. The number of carbonyl (C=O) groups excluding carboxylic acids is 4. The van der Waals surface area contributed by atoms with E-state index in [2.05, 4.69) is 25.9 Å². The van der Waals surface area contributed by atoms with Crippen LogP contribution in [0.4, 0.5) is 27.7 Å². The Balaban J connectivity index is 1.11. The predicted molar refractivity (Wildman–Crippen MR) is 194 cm³/mol. The van der Waals surface area contributed by atoms with Crippen molar-refractivity contribution in [2.45, 2.75) is 6.54 Å². The fraction of sp³-hybridized carbons (Fsp3) is 0.243. The van der Waals surface area contributed by atoms with E-state index in [1.54, 1.807) is 77.7 Å². The Morgan fingerprint density at radius 3 is 2.28 bits per heavy atom. The van der Waals surface area contributed by atoms with Crippen molar-refractivity contribution in [1.82, 2.24) is 30.0 Å². The summed E-state index contributed by atoms with van der Waals surface area (Å²) in [5, 5.41) is 8.59. The molecule has 0 saturated carbocycles. The normalized spacial score (nSPS) is 12.8. The number of aromatic nitrogens is 2. The molecule has 0 radical (unpaired) electrons. The molecule has 0 bridgehead atoms. The molecule has 0 atom stereocenters. The number of benzene rings is 2. The number of nitrogens with zero attached hydrogens (tertiary/aromatic N) is 6. The monoisotopic (exact) mass is 675 g/mol. The number of amides is 5. The summed E-state index contributed by atoms with van der Waals surface area (Å²) in [5.41, 5.74) is 5.36. The summed E-state index contributed by atoms with van der Waals surface area (Å²) < 4.78 is 0. The quantitative estimate of drug-likeness (QED) is 0.179. The van der Waals surface area contributed by atoms with Gasteiger partial charge in [-0.25, -0.2) is 9.78 Å². The molecule has 1 aliphatic heterocycles. The number of nitrogens with one attached hydrogen (secondary N) is 3. The third-order valence-corrected chi connectivity index (χ3v) is 7.81. The molecule has 3 heterocycles. The van der Waals surface area contributed by atoms with Gasteiger partial charge in [-0.3, -0.25) is 24.3 Å². The third kappa shape index (κ3) is 9.51. The molecule has 2 aromatic carbocycles. The van der Waals surface area contributed by atoms with E-state index in [4.69, 9.17) is 0 Å². The van der Waals surface area contributed by atoms with Crippen molar-refractivity contribution in [2.75, 3.05) is 69.9 Å². The topological polar surface area (TPSA) is 143 Å². The van der Waals surface area contributed by atoms with Gasteiger partial charge in [0.15, 0.2) is 0 Å². The number of hydrogen-bond acceptors (Lipinski definition) is 8. The number of carbonyl (C=O) groups is 4. The second-order valence-corrected chi connectivity index (χ2v) is 12.2. The largest absolute Gasteiger partial charge is 0.345 e. The number of anilines is 4. The molecule has 50 heavy (non-hydrogen) atoms. The number of pyridine rings is 2. The maximum absolute atomic E-state index is 13.4. The molecule has 13 nitrogen and oxygen atoms in total. The molecule has 1 saturated heterocycles. The van der Waals surface area contributed by atoms with Gasteiger partial charge in [0, 0.05) is 69.4 Å². The summed E-state index contributed by atoms with van der Waals surface area (Å²) in [5.74, 6) is -0.0921. The van der Waals surface area contributed by atoms with E-state index in [9.17, 15) is 19.2 Å². The Morgan fingerprint density at radius 1 is 0.860 bits per heavy atom. The van der Waals surface area contributed by atoms with Gasteiger partial charge in [0.05, 0.1) is 30.3 Å². The summed E-state index contributed by atoms with van der Waals surface area (Å²) in [6, 6.07) is 20.2. The van der Waals surface area contributed by atoms with Crippen LogP contribution in [-0.2, 0) is 16.1 Å². The first-order valence-corrected chi connectivity index (χ1v) is 16.1. The van der Waals surface area contributed by atoms with Gasteiger partial charge in [0.2, 0.25) is 11.8 Å². The van der Waals surface area contributed by atoms with Gasteiger partial charge >= 0.3 is 6.03 Å². The fourth-order valence-corrected chi connectivity index (χ4v) is 5.18. The van der Waals surface area contributed by atoms with Crippen molar-refractivity contribution in [3.63, 3.8) is 0 Å². The van der Waals surface area contributed by atoms with E-state index in [0.29, 0.717) is 54.6 Å². The van der Waals surface area contributed by atoms with E-state index in [0.717, 1.165) is 16.7 Å². The Bertz CT molecular complexity index is 1840. The first-order valence-electron chi connectivity index (χ1n) is 16.1. The lowest BCUT2D eigenvalue weighted by Crippen LogP contribution is -2.32. The maximum Gasteiger partial charge on any atom is 0.324 e. The lowest BCUT2D eigenvalue weighted by molar-refractivity contribution is -0.121. The van der Waals surface area contributed by atoms with E-state index in [1.165, 1.54) is 6.08 Å². The molecule has 258 valence electrons. The third-order valence-electron chi connectivity index (χ3n) is 7.81. The van der Waals surface area contributed by atoms with Crippen LogP contribution in [0.5, 0.6) is 0 Å². The minimum Gasteiger partial charge on any atom is -0.345 e. The Kier molecular flexibility index (Phi) is 11.5. The van der Waals surface area contributed by atoms with Crippen molar-refractivity contribution in [3.8, 4) is 11.1 Å². The molecule has 0 spiro atoms. The molecular formula is C37H41N9O4. The van der Waals surface area contributed by atoms with Crippen molar-refractivity contribution in [1.29, 1.82) is 0 Å². The van der Waals surface area contributed by atoms with Gasteiger partial charge in [0.25, 0.3) is 5.91 Å². The molecule has 5 rings (SSSR count). The number of rotatable bonds is 13. The lowest BCUT2D eigenvalue weighted by atomic mass is 10.1. The fourth-order valence-electron chi connectivity index (χ4n) is 5.18. The van der Waals surface area contributed by atoms with Crippen LogP contribution >= 0.6 is 0 Å². The second-order valence-electron chi connectivity index (χ2n) is 12.2. The number of likely N-dealkylation sites (N-methyl/N-ethyl adjacent to an activating group) is 1. The molecule has 2 aromatic heterocycles. The van der Waals surface area contributed by atoms with Crippen molar-refractivity contribution >= 4 is 46.6 Å². The Hall–Kier alpha value is -6.08. The van der Waals surface area contributed by atoms with Gasteiger partial charge in [-0.1, -0.05) is 30.3 Å². The minimum atomic E-state index is -0.336. The standard InChI is InChI=1S/C37H41N9O4/c1-43(2)17-5-6-34(47)40-24-35(48)42-30-14-7-26(8-15-30)25-45-18-19-46(37(45)50)32-20-31(22-38-23-32)41-33-16-13-29(21-39-33)27-9-11-28(12-10-27)36(49)44(3)4/h5-16,20-23H,17-19,24-25H2,1-4H3,(H,39,41)(H,40,47)(H,42,48). The summed E-state index contributed by atoms with van der Waals surface area (Å²) in [6.07, 6.45) is 8.23. The lowest BCUT2D eigenvalue weighted by Gasteiger charge is -2.19. The van der Waals surface area contributed by atoms with E-state index in [1.807, 2.05) is 61.5 Å². The van der Waals surface area contributed by atoms with Crippen molar-refractivity contribution < 1.29 is 19.2 Å². The van der Waals surface area contributed by atoms with E-state index < -0.39 is 0 Å². The predicted octanol–water partition coefficient (Wildman–Crippen LogP) is 4.20. The number of hydrogen-bond donors (Lipinski definition) is 3. The maximum atomic E-state index is 13.4. The smallest absolute Gasteiger partial charge is 0.324 e. The first-order chi connectivity index (χ1) is 24.0. The highest BCUT2D eigenvalue weighted by Gasteiger charge is 2.30. The molecule has 13 heteroatoms. The highest BCUT2D eigenvalue weighted by Crippen LogP contribution is 2.26. The summed E-state index contributed by atoms with van der Waals surface area (Å²) in [4.78, 5) is 65.5. The SMILES string of the molecule is CN(C)CC=CC(=O)NCC(=O)Nc1ccc(CN2CCN(c3cncc(Nc4ccc(-c5ccc(C(=O)N(C)C)cc5)cn4)c3)C2=O)cc1. The molecule has 4 aromatic rings. The van der Waals surface area contributed by atoms with Gasteiger partial charge in [-0.15, -0.1) is 0 Å². The van der Waals surface area contributed by atoms with Gasteiger partial charge in [-0.05, 0) is 67.7 Å². The molecule has 0 unspecified atom stereocenters. The van der Waals surface area contributed by atoms with Crippen LogP contribution in [0.15, 0.2) is 97.5 Å². The van der Waals surface area contributed by atoms with Crippen molar-refractivity contribution in [3.05, 3.63) is 109 Å². The van der Waals surface area contributed by atoms with Crippen LogP contribution < -0.4 is 20.9 Å². The van der Waals surface area contributed by atoms with Crippen LogP contribution in [-0.4, -0.2) is 103 Å². The van der Waals surface area contributed by atoms with Gasteiger partial charge < -0.3 is 30.7 Å². The minimum absolute atomic E-state index is 0.0485. The molecular weight excluding hydrogens is 634 g/mol. The molecule has 0 aliphatic carbocycles. The number of urea groups is 1. The Morgan fingerprint density at radius 2 is 1.60 bits per heavy atom. The van der Waals surface area contributed by atoms with E-state index >= 15 is 0 Å². The van der Waals surface area contributed by atoms with Crippen LogP contribution in [0.3, 0.4) is 0 Å². The summed E-state index contributed by atoms with van der Waals surface area (Å²) >= 11 is 0. The zero-order valence-electron chi connectivity index (χ0n) is 28.6. The Labute approximate surface area is 291 Å². The summed E-state index contributed by atoms with van der Waals surface area (Å²) in [6.45, 7) is 1.96. The van der Waals surface area contributed by atoms with Gasteiger partial charge in [0.1, 0.15) is 5.82 Å². The zero-order chi connectivity index (χ0) is 35.6. The second kappa shape index (κ2) is 16.3. The van der Waals surface area contributed by atoms with Gasteiger partial charge in [-0.2, -0.15) is 0 Å². The van der Waals surface area contributed by atoms with Crippen molar-refractivity contribution in [2.24, 2.45) is 0 Å². The molecule has 5 amide bonds. The zero-order valence-corrected chi connectivity index (χ0v) is 28.6. The van der Waals surface area contributed by atoms with E-state index in [-0.39, 0.29) is 30.3 Å². The van der Waals surface area contributed by atoms with Crippen LogP contribution in [0.1, 0.15) is 15.9 Å². The van der Waals surface area contributed by atoms with Crippen LogP contribution in [0.2, 0.25) is 0 Å².